The van der Waals surface area contributed by atoms with Gasteiger partial charge in [-0.1, -0.05) is 30.3 Å². The maximum Gasteiger partial charge on any atom is 0.233 e. The van der Waals surface area contributed by atoms with E-state index in [0.717, 1.165) is 5.56 Å². The summed E-state index contributed by atoms with van der Waals surface area (Å²) >= 11 is 0. The summed E-state index contributed by atoms with van der Waals surface area (Å²) in [5.74, 6) is 0.100. The molecule has 0 radical (unpaired) electrons. The van der Waals surface area contributed by atoms with Gasteiger partial charge < -0.3 is 14.7 Å². The lowest BCUT2D eigenvalue weighted by Gasteiger charge is -2.51. The second-order valence-electron chi connectivity index (χ2n) is 7.26. The number of amides is 1. The Morgan fingerprint density at radius 2 is 1.96 bits per heavy atom. The number of piperidine rings is 1. The number of carbonyl (C=O) groups is 1. The van der Waals surface area contributed by atoms with E-state index in [2.05, 4.69) is 17.0 Å². The van der Waals surface area contributed by atoms with Gasteiger partial charge in [0.25, 0.3) is 0 Å². The first-order valence-corrected chi connectivity index (χ1v) is 8.18. The van der Waals surface area contributed by atoms with Crippen LogP contribution in [0.1, 0.15) is 18.9 Å². The van der Waals surface area contributed by atoms with Crippen LogP contribution in [0.4, 0.5) is 0 Å². The van der Waals surface area contributed by atoms with Gasteiger partial charge in [-0.15, -0.1) is 0 Å². The van der Waals surface area contributed by atoms with E-state index < -0.39 is 17.1 Å². The molecule has 0 bridgehead atoms. The van der Waals surface area contributed by atoms with Crippen molar-refractivity contribution in [1.82, 2.24) is 9.80 Å². The molecule has 0 spiro atoms. The summed E-state index contributed by atoms with van der Waals surface area (Å²) < 4.78 is 5.21. The molecule has 3 rings (SSSR count). The Morgan fingerprint density at radius 1 is 1.30 bits per heavy atom. The van der Waals surface area contributed by atoms with Crippen LogP contribution in [-0.2, 0) is 15.1 Å². The molecular weight excluding hydrogens is 292 g/mol. The van der Waals surface area contributed by atoms with Crippen LogP contribution in [0.3, 0.4) is 0 Å². The van der Waals surface area contributed by atoms with Gasteiger partial charge in [-0.25, -0.2) is 0 Å². The minimum absolute atomic E-state index is 0.100. The molecule has 23 heavy (non-hydrogen) atoms. The largest absolute Gasteiger partial charge is 0.389 e. The Balaban J connectivity index is 1.83. The standard InChI is InChI=1S/C18H26N2O3/c1-17(12-23-13-17)16(22)20-10-9-18(19(2)3,15(21)11-20)14-7-5-4-6-8-14/h4-8,15,21H,9-13H2,1-3H3/t15-,18+/m1/s1. The normalized spacial score (nSPS) is 30.1. The highest BCUT2D eigenvalue weighted by molar-refractivity contribution is 5.83. The second kappa shape index (κ2) is 5.89. The summed E-state index contributed by atoms with van der Waals surface area (Å²) in [5, 5.41) is 11.0. The number of likely N-dealkylation sites (tertiary alicyclic amines) is 1. The fourth-order valence-electron chi connectivity index (χ4n) is 3.86. The van der Waals surface area contributed by atoms with E-state index >= 15 is 0 Å². The first-order chi connectivity index (χ1) is 10.9. The molecule has 0 aliphatic carbocycles. The van der Waals surface area contributed by atoms with Crippen LogP contribution < -0.4 is 0 Å². The third-order valence-corrected chi connectivity index (χ3v) is 5.42. The van der Waals surface area contributed by atoms with Gasteiger partial charge >= 0.3 is 0 Å². The quantitative estimate of drug-likeness (QED) is 0.906. The Hall–Kier alpha value is -1.43. The SMILES string of the molecule is CN(C)[C@]1(c2ccccc2)CCN(C(=O)C2(C)COC2)C[C@H]1O. The van der Waals surface area contributed by atoms with Crippen molar-refractivity contribution in [2.24, 2.45) is 5.41 Å². The number of hydrogen-bond acceptors (Lipinski definition) is 4. The number of carbonyl (C=O) groups excluding carboxylic acids is 1. The van der Waals surface area contributed by atoms with E-state index in [4.69, 9.17) is 4.74 Å². The van der Waals surface area contributed by atoms with Crippen LogP contribution in [0, 0.1) is 5.41 Å². The van der Waals surface area contributed by atoms with Gasteiger partial charge in [0.15, 0.2) is 0 Å². The van der Waals surface area contributed by atoms with E-state index in [1.807, 2.05) is 39.2 Å². The van der Waals surface area contributed by atoms with E-state index in [9.17, 15) is 9.90 Å². The van der Waals surface area contributed by atoms with Crippen molar-refractivity contribution < 1.29 is 14.6 Å². The number of β-amino-alcohol motifs (C(OH)–C–C–N with tert-alkyl or cyclic N) is 1. The molecule has 0 aromatic heterocycles. The maximum absolute atomic E-state index is 12.7. The molecule has 5 heteroatoms. The highest BCUT2D eigenvalue weighted by atomic mass is 16.5. The van der Waals surface area contributed by atoms with Gasteiger partial charge in [0.1, 0.15) is 0 Å². The van der Waals surface area contributed by atoms with Crippen LogP contribution in [-0.4, -0.2) is 67.3 Å². The van der Waals surface area contributed by atoms with Crippen LogP contribution in [0.15, 0.2) is 30.3 Å². The van der Waals surface area contributed by atoms with Gasteiger partial charge in [-0.05, 0) is 33.0 Å². The van der Waals surface area contributed by atoms with E-state index in [1.165, 1.54) is 0 Å². The van der Waals surface area contributed by atoms with Crippen molar-refractivity contribution in [3.63, 3.8) is 0 Å². The summed E-state index contributed by atoms with van der Waals surface area (Å²) in [6.07, 6.45) is 0.0932. The predicted octanol–water partition coefficient (Wildman–Crippen LogP) is 1.07. The third-order valence-electron chi connectivity index (χ3n) is 5.42. The van der Waals surface area contributed by atoms with Crippen LogP contribution >= 0.6 is 0 Å². The number of rotatable bonds is 3. The molecule has 1 aromatic carbocycles. The van der Waals surface area contributed by atoms with Gasteiger partial charge in [0.2, 0.25) is 5.91 Å². The Bertz CT molecular complexity index is 571. The first-order valence-electron chi connectivity index (χ1n) is 8.18. The van der Waals surface area contributed by atoms with E-state index in [-0.39, 0.29) is 5.91 Å². The minimum atomic E-state index is -0.623. The van der Waals surface area contributed by atoms with Gasteiger partial charge in [-0.3, -0.25) is 9.69 Å². The molecule has 2 heterocycles. The monoisotopic (exact) mass is 318 g/mol. The number of hydrogen-bond donors (Lipinski definition) is 1. The predicted molar refractivity (Wildman–Crippen MR) is 87.9 cm³/mol. The topological polar surface area (TPSA) is 53.0 Å². The van der Waals surface area contributed by atoms with Gasteiger partial charge in [0.05, 0.1) is 30.3 Å². The van der Waals surface area contributed by atoms with Gasteiger partial charge in [-0.2, -0.15) is 0 Å². The molecule has 0 saturated carbocycles. The molecule has 1 N–H and O–H groups in total. The molecule has 2 aliphatic heterocycles. The number of aliphatic hydroxyl groups excluding tert-OH is 1. The molecule has 1 amide bonds. The number of likely N-dealkylation sites (N-methyl/N-ethyl adjacent to an activating group) is 1. The zero-order valence-corrected chi connectivity index (χ0v) is 14.2. The van der Waals surface area contributed by atoms with Crippen LogP contribution in [0.5, 0.6) is 0 Å². The highest BCUT2D eigenvalue weighted by Gasteiger charge is 2.50. The number of aliphatic hydroxyl groups is 1. The van der Waals surface area contributed by atoms with Crippen molar-refractivity contribution in [2.45, 2.75) is 25.0 Å². The molecule has 2 atom stereocenters. The van der Waals surface area contributed by atoms with Crippen molar-refractivity contribution in [3.8, 4) is 0 Å². The summed E-state index contributed by atoms with van der Waals surface area (Å²) in [5.41, 5.74) is 0.238. The minimum Gasteiger partial charge on any atom is -0.389 e. The smallest absolute Gasteiger partial charge is 0.233 e. The molecule has 2 aliphatic rings. The lowest BCUT2D eigenvalue weighted by molar-refractivity contribution is -0.175. The number of nitrogens with zero attached hydrogens (tertiary/aromatic N) is 2. The van der Waals surface area contributed by atoms with Crippen molar-refractivity contribution >= 4 is 5.91 Å². The summed E-state index contributed by atoms with van der Waals surface area (Å²) in [7, 11) is 3.99. The summed E-state index contributed by atoms with van der Waals surface area (Å²) in [6, 6.07) is 10.1. The fourth-order valence-corrected chi connectivity index (χ4v) is 3.86. The van der Waals surface area contributed by atoms with Crippen molar-refractivity contribution in [1.29, 1.82) is 0 Å². The lowest BCUT2D eigenvalue weighted by Crippen LogP contribution is -2.63. The highest BCUT2D eigenvalue weighted by Crippen LogP contribution is 2.39. The number of benzene rings is 1. The third kappa shape index (κ3) is 2.57. The Labute approximate surface area is 137 Å². The van der Waals surface area contributed by atoms with Crippen LogP contribution in [0.2, 0.25) is 0 Å². The molecule has 126 valence electrons. The molecule has 0 unspecified atom stereocenters. The Morgan fingerprint density at radius 3 is 2.43 bits per heavy atom. The summed E-state index contributed by atoms with van der Waals surface area (Å²) in [4.78, 5) is 16.6. The lowest BCUT2D eigenvalue weighted by atomic mass is 9.76. The van der Waals surface area contributed by atoms with Crippen molar-refractivity contribution in [2.75, 3.05) is 40.4 Å². The molecule has 1 aromatic rings. The van der Waals surface area contributed by atoms with Gasteiger partial charge in [0, 0.05) is 13.1 Å². The maximum atomic E-state index is 12.7. The average Bonchev–Trinajstić information content (AvgIpc) is 2.52. The summed E-state index contributed by atoms with van der Waals surface area (Å²) in [6.45, 7) is 3.92. The molecular formula is C18H26N2O3. The van der Waals surface area contributed by atoms with Crippen LogP contribution in [0.25, 0.3) is 0 Å². The molecule has 2 fully saturated rings. The second-order valence-corrected chi connectivity index (χ2v) is 7.26. The molecule has 5 nitrogen and oxygen atoms in total. The molecule has 2 saturated heterocycles. The number of ether oxygens (including phenoxy) is 1. The van der Waals surface area contributed by atoms with E-state index in [1.54, 1.807) is 4.90 Å². The zero-order chi connectivity index (χ0) is 16.7. The zero-order valence-electron chi connectivity index (χ0n) is 14.2. The average molecular weight is 318 g/mol. The van der Waals surface area contributed by atoms with Crippen molar-refractivity contribution in [3.05, 3.63) is 35.9 Å². The fraction of sp³-hybridized carbons (Fsp3) is 0.611. The Kier molecular flexibility index (Phi) is 4.21. The first kappa shape index (κ1) is 16.4. The van der Waals surface area contributed by atoms with E-state index in [0.29, 0.717) is 32.7 Å².